The molecule has 6 heteroatoms. The van der Waals surface area contributed by atoms with E-state index in [0.29, 0.717) is 26.4 Å². The van der Waals surface area contributed by atoms with Crippen molar-refractivity contribution in [3.05, 3.63) is 35.4 Å². The number of carbonyl (C=O) groups excluding carboxylic acids is 2. The number of hydrogen-bond donors (Lipinski definition) is 0. The molecule has 0 atom stereocenters. The minimum Gasteiger partial charge on any atom is -0.460 e. The number of esters is 2. The zero-order valence-corrected chi connectivity index (χ0v) is 18.7. The first-order valence-electron chi connectivity index (χ1n) is 11.3. The van der Waals surface area contributed by atoms with Gasteiger partial charge in [-0.25, -0.2) is 9.59 Å². The molecule has 0 heterocycles. The molecular formula is C24H38O6. The first-order chi connectivity index (χ1) is 14.7. The molecule has 0 bridgehead atoms. The van der Waals surface area contributed by atoms with E-state index in [4.69, 9.17) is 18.9 Å². The molecule has 1 aromatic rings. The van der Waals surface area contributed by atoms with Gasteiger partial charge < -0.3 is 18.9 Å². The van der Waals surface area contributed by atoms with Gasteiger partial charge in [0, 0.05) is 13.2 Å². The Morgan fingerprint density at radius 2 is 1.03 bits per heavy atom. The maximum absolute atomic E-state index is 12.3. The molecule has 0 aliphatic carbocycles. The summed E-state index contributed by atoms with van der Waals surface area (Å²) in [7, 11) is 0. The molecule has 1 rings (SSSR count). The SMILES string of the molecule is CCCCCCOCCOC(=O)c1ccccc1C(=O)OCCOCCCCCC. The molecule has 30 heavy (non-hydrogen) atoms. The van der Waals surface area contributed by atoms with Crippen LogP contribution in [-0.2, 0) is 18.9 Å². The van der Waals surface area contributed by atoms with Crippen LogP contribution in [0.15, 0.2) is 24.3 Å². The topological polar surface area (TPSA) is 71.1 Å². The second kappa shape index (κ2) is 17.9. The summed E-state index contributed by atoms with van der Waals surface area (Å²) in [5, 5.41) is 0. The predicted octanol–water partition coefficient (Wildman–Crippen LogP) is 5.19. The summed E-state index contributed by atoms with van der Waals surface area (Å²) in [6.07, 6.45) is 9.10. The monoisotopic (exact) mass is 422 g/mol. The van der Waals surface area contributed by atoms with Gasteiger partial charge in [0.25, 0.3) is 0 Å². The predicted molar refractivity (Wildman–Crippen MR) is 117 cm³/mol. The van der Waals surface area contributed by atoms with Crippen molar-refractivity contribution >= 4 is 11.9 Å². The number of benzene rings is 1. The molecule has 0 amide bonds. The minimum atomic E-state index is -0.552. The van der Waals surface area contributed by atoms with E-state index >= 15 is 0 Å². The van der Waals surface area contributed by atoms with Crippen LogP contribution in [0.25, 0.3) is 0 Å². The lowest BCUT2D eigenvalue weighted by atomic mass is 10.1. The lowest BCUT2D eigenvalue weighted by Gasteiger charge is -2.10. The summed E-state index contributed by atoms with van der Waals surface area (Å²) in [4.78, 5) is 24.7. The van der Waals surface area contributed by atoms with Crippen LogP contribution in [0.1, 0.15) is 85.9 Å². The van der Waals surface area contributed by atoms with Gasteiger partial charge in [-0.05, 0) is 25.0 Å². The number of rotatable bonds is 18. The van der Waals surface area contributed by atoms with Crippen LogP contribution in [0.2, 0.25) is 0 Å². The Balaban J connectivity index is 2.29. The summed E-state index contributed by atoms with van der Waals surface area (Å²) < 4.78 is 21.4. The maximum Gasteiger partial charge on any atom is 0.339 e. The van der Waals surface area contributed by atoms with E-state index in [1.54, 1.807) is 24.3 Å². The first kappa shape index (κ1) is 26.1. The number of ether oxygens (including phenoxy) is 4. The Bertz CT molecular complexity index is 536. The van der Waals surface area contributed by atoms with Crippen molar-refractivity contribution in [1.29, 1.82) is 0 Å². The quantitative estimate of drug-likeness (QED) is 0.239. The van der Waals surface area contributed by atoms with Crippen molar-refractivity contribution in [2.24, 2.45) is 0 Å². The van der Waals surface area contributed by atoms with Crippen LogP contribution in [0.3, 0.4) is 0 Å². The van der Waals surface area contributed by atoms with Gasteiger partial charge in [-0.15, -0.1) is 0 Å². The fraction of sp³-hybridized carbons (Fsp3) is 0.667. The van der Waals surface area contributed by atoms with Gasteiger partial charge in [0.15, 0.2) is 0 Å². The molecule has 170 valence electrons. The highest BCUT2D eigenvalue weighted by Crippen LogP contribution is 2.12. The van der Waals surface area contributed by atoms with Crippen LogP contribution in [0.4, 0.5) is 0 Å². The molecule has 0 unspecified atom stereocenters. The maximum atomic E-state index is 12.3. The average molecular weight is 423 g/mol. The van der Waals surface area contributed by atoms with E-state index in [-0.39, 0.29) is 24.3 Å². The van der Waals surface area contributed by atoms with E-state index in [0.717, 1.165) is 25.7 Å². The standard InChI is InChI=1S/C24H38O6/c1-3-5-7-11-15-27-17-19-29-23(25)21-13-9-10-14-22(21)24(26)30-20-18-28-16-12-8-6-4-2/h9-10,13-14H,3-8,11-12,15-20H2,1-2H3. The summed E-state index contributed by atoms with van der Waals surface area (Å²) in [5.74, 6) is -1.10. The summed E-state index contributed by atoms with van der Waals surface area (Å²) >= 11 is 0. The summed E-state index contributed by atoms with van der Waals surface area (Å²) in [6.45, 7) is 6.67. The molecule has 0 saturated heterocycles. The smallest absolute Gasteiger partial charge is 0.339 e. The molecule has 0 aromatic heterocycles. The second-order valence-electron chi connectivity index (χ2n) is 7.16. The van der Waals surface area contributed by atoms with Gasteiger partial charge in [-0.1, -0.05) is 64.5 Å². The van der Waals surface area contributed by atoms with Crippen LogP contribution < -0.4 is 0 Å². The van der Waals surface area contributed by atoms with Gasteiger partial charge in [-0.3, -0.25) is 0 Å². The molecule has 0 aliphatic rings. The third kappa shape index (κ3) is 11.9. The first-order valence-corrected chi connectivity index (χ1v) is 11.3. The highest BCUT2D eigenvalue weighted by molar-refractivity contribution is 6.03. The van der Waals surface area contributed by atoms with Crippen LogP contribution in [0.5, 0.6) is 0 Å². The lowest BCUT2D eigenvalue weighted by molar-refractivity contribution is 0.0275. The molecule has 0 N–H and O–H groups in total. The van der Waals surface area contributed by atoms with E-state index < -0.39 is 11.9 Å². The minimum absolute atomic E-state index is 0.155. The van der Waals surface area contributed by atoms with Crippen molar-refractivity contribution in [3.8, 4) is 0 Å². The van der Waals surface area contributed by atoms with Crippen LogP contribution >= 0.6 is 0 Å². The van der Waals surface area contributed by atoms with E-state index in [1.165, 1.54) is 25.7 Å². The lowest BCUT2D eigenvalue weighted by Crippen LogP contribution is -2.17. The van der Waals surface area contributed by atoms with E-state index in [9.17, 15) is 9.59 Å². The molecule has 0 spiro atoms. The fourth-order valence-corrected chi connectivity index (χ4v) is 2.85. The van der Waals surface area contributed by atoms with Crippen molar-refractivity contribution in [1.82, 2.24) is 0 Å². The van der Waals surface area contributed by atoms with E-state index in [1.807, 2.05) is 0 Å². The number of carbonyl (C=O) groups is 2. The molecule has 1 aromatic carbocycles. The summed E-state index contributed by atoms with van der Waals surface area (Å²) in [6, 6.07) is 6.51. The molecule has 6 nitrogen and oxygen atoms in total. The Labute approximate surface area is 181 Å². The van der Waals surface area contributed by atoms with Gasteiger partial charge in [0.1, 0.15) is 13.2 Å². The third-order valence-electron chi connectivity index (χ3n) is 4.57. The van der Waals surface area contributed by atoms with Crippen molar-refractivity contribution in [2.75, 3.05) is 39.6 Å². The average Bonchev–Trinajstić information content (AvgIpc) is 2.77. The highest BCUT2D eigenvalue weighted by Gasteiger charge is 2.18. The Hall–Kier alpha value is -1.92. The van der Waals surface area contributed by atoms with Crippen LogP contribution in [0, 0.1) is 0 Å². The zero-order valence-electron chi connectivity index (χ0n) is 18.7. The highest BCUT2D eigenvalue weighted by atomic mass is 16.6. The van der Waals surface area contributed by atoms with Crippen LogP contribution in [-0.4, -0.2) is 51.6 Å². The molecular weight excluding hydrogens is 384 g/mol. The number of hydrogen-bond acceptors (Lipinski definition) is 6. The molecule has 0 radical (unpaired) electrons. The van der Waals surface area contributed by atoms with E-state index in [2.05, 4.69) is 13.8 Å². The van der Waals surface area contributed by atoms with Crippen molar-refractivity contribution in [2.45, 2.75) is 65.2 Å². The molecule has 0 saturated carbocycles. The molecule has 0 aliphatic heterocycles. The molecule has 0 fully saturated rings. The van der Waals surface area contributed by atoms with Gasteiger partial charge in [0.05, 0.1) is 24.3 Å². The van der Waals surface area contributed by atoms with Gasteiger partial charge >= 0.3 is 11.9 Å². The Morgan fingerprint density at radius 3 is 1.43 bits per heavy atom. The van der Waals surface area contributed by atoms with Gasteiger partial charge in [-0.2, -0.15) is 0 Å². The normalized spacial score (nSPS) is 10.7. The zero-order chi connectivity index (χ0) is 21.9. The van der Waals surface area contributed by atoms with Crippen molar-refractivity contribution in [3.63, 3.8) is 0 Å². The Morgan fingerprint density at radius 1 is 0.600 bits per heavy atom. The summed E-state index contributed by atoms with van der Waals surface area (Å²) in [5.41, 5.74) is 0.400. The Kier molecular flexibility index (Phi) is 15.6. The number of unbranched alkanes of at least 4 members (excludes halogenated alkanes) is 6. The van der Waals surface area contributed by atoms with Crippen molar-refractivity contribution < 1.29 is 28.5 Å². The fourth-order valence-electron chi connectivity index (χ4n) is 2.85. The largest absolute Gasteiger partial charge is 0.460 e. The second-order valence-corrected chi connectivity index (χ2v) is 7.16. The third-order valence-corrected chi connectivity index (χ3v) is 4.57. The van der Waals surface area contributed by atoms with Gasteiger partial charge in [0.2, 0.25) is 0 Å².